The zero-order valence-corrected chi connectivity index (χ0v) is 8.66. The van der Waals surface area contributed by atoms with Crippen LogP contribution in [-0.4, -0.2) is 24.3 Å². The van der Waals surface area contributed by atoms with Gasteiger partial charge in [0.15, 0.2) is 6.10 Å². The van der Waals surface area contributed by atoms with Crippen molar-refractivity contribution >= 4 is 5.97 Å². The van der Waals surface area contributed by atoms with Gasteiger partial charge in [-0.1, -0.05) is 6.07 Å². The molecular weight excluding hydrogens is 199 g/mol. The lowest BCUT2D eigenvalue weighted by Gasteiger charge is -2.12. The van der Waals surface area contributed by atoms with E-state index >= 15 is 0 Å². The highest BCUT2D eigenvalue weighted by Crippen LogP contribution is 2.13. The molecule has 1 rings (SSSR count). The van der Waals surface area contributed by atoms with E-state index in [1.165, 1.54) is 19.2 Å². The first-order valence-corrected chi connectivity index (χ1v) is 4.55. The molecule has 0 aliphatic carbocycles. The molecule has 0 aromatic heterocycles. The molecule has 0 amide bonds. The highest BCUT2D eigenvalue weighted by atomic mass is 19.1. The van der Waals surface area contributed by atoms with Gasteiger partial charge in [0, 0.05) is 13.5 Å². The van der Waals surface area contributed by atoms with Gasteiger partial charge in [0.25, 0.3) is 0 Å². The average molecular weight is 212 g/mol. The fraction of sp³-hybridized carbons (Fsp3) is 0.364. The molecule has 0 spiro atoms. The van der Waals surface area contributed by atoms with Crippen LogP contribution in [0.4, 0.5) is 4.39 Å². The van der Waals surface area contributed by atoms with E-state index in [1.807, 2.05) is 0 Å². The van der Waals surface area contributed by atoms with Gasteiger partial charge in [-0.2, -0.15) is 0 Å². The van der Waals surface area contributed by atoms with E-state index in [1.54, 1.807) is 13.0 Å². The maximum Gasteiger partial charge on any atom is 0.333 e. The van der Waals surface area contributed by atoms with Crippen LogP contribution in [0.3, 0.4) is 0 Å². The van der Waals surface area contributed by atoms with Gasteiger partial charge >= 0.3 is 5.97 Å². The maximum atomic E-state index is 12.8. The van der Waals surface area contributed by atoms with E-state index in [0.29, 0.717) is 0 Å². The van der Waals surface area contributed by atoms with E-state index in [-0.39, 0.29) is 12.2 Å². The number of aliphatic carboxylic acids is 1. The predicted octanol–water partition coefficient (Wildman–Crippen LogP) is 1.78. The van der Waals surface area contributed by atoms with Gasteiger partial charge in [-0.15, -0.1) is 0 Å². The minimum atomic E-state index is -1.01. The Labute approximate surface area is 87.5 Å². The molecule has 82 valence electrons. The second-order valence-electron chi connectivity index (χ2n) is 3.34. The average Bonchev–Trinajstić information content (AvgIpc) is 2.16. The van der Waals surface area contributed by atoms with Crippen molar-refractivity contribution in [2.75, 3.05) is 7.11 Å². The minimum absolute atomic E-state index is 0.248. The smallest absolute Gasteiger partial charge is 0.333 e. The zero-order chi connectivity index (χ0) is 11.4. The molecule has 0 aliphatic heterocycles. The Hall–Kier alpha value is -1.42. The van der Waals surface area contributed by atoms with Crippen LogP contribution in [0, 0.1) is 12.7 Å². The summed E-state index contributed by atoms with van der Waals surface area (Å²) < 4.78 is 17.6. The van der Waals surface area contributed by atoms with Crippen molar-refractivity contribution in [1.82, 2.24) is 0 Å². The van der Waals surface area contributed by atoms with Crippen molar-refractivity contribution in [2.45, 2.75) is 19.4 Å². The summed E-state index contributed by atoms with van der Waals surface area (Å²) in [6.45, 7) is 1.74. The van der Waals surface area contributed by atoms with E-state index in [0.717, 1.165) is 11.1 Å². The molecule has 1 unspecified atom stereocenters. The van der Waals surface area contributed by atoms with Gasteiger partial charge in [0.2, 0.25) is 0 Å². The van der Waals surface area contributed by atoms with Crippen LogP contribution in [-0.2, 0) is 16.0 Å². The highest BCUT2D eigenvalue weighted by Gasteiger charge is 2.17. The van der Waals surface area contributed by atoms with Gasteiger partial charge in [0.1, 0.15) is 5.82 Å². The van der Waals surface area contributed by atoms with Gasteiger partial charge in [-0.3, -0.25) is 0 Å². The van der Waals surface area contributed by atoms with Crippen molar-refractivity contribution in [3.8, 4) is 0 Å². The summed E-state index contributed by atoms with van der Waals surface area (Å²) in [5.74, 6) is -1.33. The molecule has 1 atom stereocenters. The third-order valence-electron chi connectivity index (χ3n) is 2.27. The monoisotopic (exact) mass is 212 g/mol. The lowest BCUT2D eigenvalue weighted by atomic mass is 10.0. The lowest BCUT2D eigenvalue weighted by molar-refractivity contribution is -0.148. The molecule has 0 bridgehead atoms. The van der Waals surface area contributed by atoms with Crippen LogP contribution in [0.25, 0.3) is 0 Å². The first-order chi connectivity index (χ1) is 7.04. The molecule has 0 heterocycles. The Morgan fingerprint density at radius 2 is 2.27 bits per heavy atom. The molecule has 0 aliphatic rings. The second kappa shape index (κ2) is 4.89. The molecule has 15 heavy (non-hydrogen) atoms. The fourth-order valence-corrected chi connectivity index (χ4v) is 1.36. The molecule has 0 radical (unpaired) electrons. The van der Waals surface area contributed by atoms with Crippen LogP contribution in [0.2, 0.25) is 0 Å². The van der Waals surface area contributed by atoms with Crippen LogP contribution in [0.15, 0.2) is 18.2 Å². The first kappa shape index (κ1) is 11.7. The van der Waals surface area contributed by atoms with Crippen molar-refractivity contribution in [3.05, 3.63) is 35.1 Å². The Morgan fingerprint density at radius 3 is 2.73 bits per heavy atom. The summed E-state index contributed by atoms with van der Waals surface area (Å²) in [4.78, 5) is 10.7. The first-order valence-electron chi connectivity index (χ1n) is 4.55. The minimum Gasteiger partial charge on any atom is -0.479 e. The normalized spacial score (nSPS) is 12.5. The van der Waals surface area contributed by atoms with E-state index < -0.39 is 12.1 Å². The van der Waals surface area contributed by atoms with Crippen molar-refractivity contribution in [3.63, 3.8) is 0 Å². The van der Waals surface area contributed by atoms with Crippen molar-refractivity contribution < 1.29 is 19.0 Å². The Balaban J connectivity index is 2.84. The fourth-order valence-electron chi connectivity index (χ4n) is 1.36. The van der Waals surface area contributed by atoms with Gasteiger partial charge in [0.05, 0.1) is 0 Å². The number of carboxylic acids is 1. The van der Waals surface area contributed by atoms with Crippen LogP contribution in [0.5, 0.6) is 0 Å². The van der Waals surface area contributed by atoms with E-state index in [9.17, 15) is 9.18 Å². The summed E-state index contributed by atoms with van der Waals surface area (Å²) >= 11 is 0. The molecule has 0 saturated carbocycles. The second-order valence-corrected chi connectivity index (χ2v) is 3.34. The summed E-state index contributed by atoms with van der Waals surface area (Å²) in [6, 6.07) is 4.28. The number of hydrogen-bond donors (Lipinski definition) is 1. The van der Waals surface area contributed by atoms with Crippen LogP contribution >= 0.6 is 0 Å². The third kappa shape index (κ3) is 3.02. The molecule has 0 saturated heterocycles. The standard InChI is InChI=1S/C11H13FO3/c1-7-5-9(12)4-3-8(7)6-10(15-2)11(13)14/h3-5,10H,6H2,1-2H3,(H,13,14). The molecule has 1 aromatic rings. The zero-order valence-electron chi connectivity index (χ0n) is 8.66. The number of benzene rings is 1. The number of aryl methyl sites for hydroxylation is 1. The van der Waals surface area contributed by atoms with Crippen LogP contribution in [0.1, 0.15) is 11.1 Å². The summed E-state index contributed by atoms with van der Waals surface area (Å²) in [5, 5.41) is 8.78. The van der Waals surface area contributed by atoms with E-state index in [4.69, 9.17) is 9.84 Å². The quantitative estimate of drug-likeness (QED) is 0.827. The number of ether oxygens (including phenoxy) is 1. The van der Waals surface area contributed by atoms with E-state index in [2.05, 4.69) is 0 Å². The summed E-state index contributed by atoms with van der Waals surface area (Å²) in [5.41, 5.74) is 1.52. The molecule has 1 aromatic carbocycles. The number of hydrogen-bond acceptors (Lipinski definition) is 2. The van der Waals surface area contributed by atoms with Gasteiger partial charge < -0.3 is 9.84 Å². The number of rotatable bonds is 4. The van der Waals surface area contributed by atoms with Gasteiger partial charge in [-0.05, 0) is 30.2 Å². The Kier molecular flexibility index (Phi) is 3.80. The predicted molar refractivity (Wildman–Crippen MR) is 53.3 cm³/mol. The summed E-state index contributed by atoms with van der Waals surface area (Å²) in [7, 11) is 1.34. The number of carboxylic acid groups (broad SMARTS) is 1. The Morgan fingerprint density at radius 1 is 1.60 bits per heavy atom. The van der Waals surface area contributed by atoms with Crippen molar-refractivity contribution in [1.29, 1.82) is 0 Å². The lowest BCUT2D eigenvalue weighted by Crippen LogP contribution is -2.25. The van der Waals surface area contributed by atoms with Gasteiger partial charge in [-0.25, -0.2) is 9.18 Å². The molecule has 0 fully saturated rings. The third-order valence-corrected chi connectivity index (χ3v) is 2.27. The number of methoxy groups -OCH3 is 1. The SMILES string of the molecule is COC(Cc1ccc(F)cc1C)C(=O)O. The number of carbonyl (C=O) groups is 1. The highest BCUT2D eigenvalue weighted by molar-refractivity contribution is 5.72. The van der Waals surface area contributed by atoms with Crippen molar-refractivity contribution in [2.24, 2.45) is 0 Å². The Bertz CT molecular complexity index is 363. The molecular formula is C11H13FO3. The topological polar surface area (TPSA) is 46.5 Å². The molecule has 1 N–H and O–H groups in total. The maximum absolute atomic E-state index is 12.8. The summed E-state index contributed by atoms with van der Waals surface area (Å²) in [6.07, 6.45) is -0.632. The molecule has 3 nitrogen and oxygen atoms in total. The molecule has 4 heteroatoms. The largest absolute Gasteiger partial charge is 0.479 e. The number of halogens is 1. The van der Waals surface area contributed by atoms with Crippen LogP contribution < -0.4 is 0 Å².